The Morgan fingerprint density at radius 2 is 0.690 bits per heavy atom. The highest BCUT2D eigenvalue weighted by Gasteiger charge is 2.62. The molecule has 0 aliphatic rings. The Bertz CT molecular complexity index is 427. The minimum atomic E-state index is -4.65. The van der Waals surface area contributed by atoms with Crippen molar-refractivity contribution in [3.63, 3.8) is 0 Å². The van der Waals surface area contributed by atoms with E-state index in [1.54, 1.807) is 0 Å². The molecule has 0 bridgehead atoms. The van der Waals surface area contributed by atoms with Gasteiger partial charge in [-0.1, -0.05) is 53.4 Å². The lowest BCUT2D eigenvalue weighted by Crippen LogP contribution is -2.54. The zero-order valence-electron chi connectivity index (χ0n) is 18.3. The monoisotopic (exact) mass is 432 g/mol. The zero-order chi connectivity index (χ0) is 22.1. The molecule has 0 saturated heterocycles. The van der Waals surface area contributed by atoms with Crippen molar-refractivity contribution in [3.8, 4) is 0 Å². The van der Waals surface area contributed by atoms with Crippen LogP contribution in [0.4, 0.5) is 0 Å². The Balaban J connectivity index is 5.59. The summed E-state index contributed by atoms with van der Waals surface area (Å²) in [5.74, 6) is -2.91. The van der Waals surface area contributed by atoms with E-state index < -0.39 is 32.9 Å². The molecule has 0 aromatic carbocycles. The van der Waals surface area contributed by atoms with Crippen LogP contribution in [0.15, 0.2) is 0 Å². The lowest BCUT2D eigenvalue weighted by Gasteiger charge is -2.25. The Hall–Kier alpha value is -1.90. The first-order chi connectivity index (χ1) is 13.8. The van der Waals surface area contributed by atoms with Gasteiger partial charge in [-0.05, 0) is 25.7 Å². The van der Waals surface area contributed by atoms with Crippen molar-refractivity contribution in [1.29, 1.82) is 0 Å². The van der Waals surface area contributed by atoms with E-state index in [0.29, 0.717) is 25.7 Å². The molecule has 0 aliphatic carbocycles. The molecule has 8 nitrogen and oxygen atoms in total. The highest BCUT2D eigenvalue weighted by atomic mass is 28.4. The fourth-order valence-electron chi connectivity index (χ4n) is 2.17. The van der Waals surface area contributed by atoms with Gasteiger partial charge in [-0.3, -0.25) is 19.2 Å². The van der Waals surface area contributed by atoms with Gasteiger partial charge in [0.25, 0.3) is 23.9 Å². The highest BCUT2D eigenvalue weighted by Crippen LogP contribution is 2.19. The number of unbranched alkanes of at least 4 members (excludes halogenated alkanes) is 4. The Morgan fingerprint density at radius 3 is 0.862 bits per heavy atom. The molecule has 0 aliphatic heterocycles. The summed E-state index contributed by atoms with van der Waals surface area (Å²) in [6, 6.07) is 0. The van der Waals surface area contributed by atoms with Crippen LogP contribution in [0, 0.1) is 0 Å². The molecule has 0 atom stereocenters. The summed E-state index contributed by atoms with van der Waals surface area (Å²) in [5, 5.41) is 0. The molecule has 9 heteroatoms. The quantitative estimate of drug-likeness (QED) is 0.331. The van der Waals surface area contributed by atoms with Gasteiger partial charge >= 0.3 is 9.05 Å². The van der Waals surface area contributed by atoms with Crippen LogP contribution in [-0.2, 0) is 36.9 Å². The largest absolute Gasteiger partial charge is 0.974 e. The second kappa shape index (κ2) is 16.0. The summed E-state index contributed by atoms with van der Waals surface area (Å²) >= 11 is 0. The Labute approximate surface area is 175 Å². The molecule has 0 N–H and O–H groups in total. The van der Waals surface area contributed by atoms with Crippen molar-refractivity contribution < 1.29 is 36.9 Å². The summed E-state index contributed by atoms with van der Waals surface area (Å²) in [5.41, 5.74) is 0. The molecule has 0 fully saturated rings. The van der Waals surface area contributed by atoms with Crippen LogP contribution in [0.5, 0.6) is 0 Å². The molecular formula is C20H36O8Si. The third kappa shape index (κ3) is 13.0. The second-order valence-electron chi connectivity index (χ2n) is 6.81. The van der Waals surface area contributed by atoms with Gasteiger partial charge in [0.15, 0.2) is 0 Å². The van der Waals surface area contributed by atoms with Crippen LogP contribution in [0.1, 0.15) is 105 Å². The summed E-state index contributed by atoms with van der Waals surface area (Å²) in [6.45, 7) is 7.60. The van der Waals surface area contributed by atoms with E-state index in [1.165, 1.54) is 0 Å². The first-order valence-corrected chi connectivity index (χ1v) is 12.3. The molecule has 0 saturated carbocycles. The highest BCUT2D eigenvalue weighted by molar-refractivity contribution is 6.60. The van der Waals surface area contributed by atoms with Crippen LogP contribution in [-0.4, -0.2) is 32.9 Å². The topological polar surface area (TPSA) is 105 Å². The van der Waals surface area contributed by atoms with E-state index in [1.807, 2.05) is 27.7 Å². The molecule has 0 heterocycles. The molecule has 168 valence electrons. The molecular weight excluding hydrogens is 396 g/mol. The van der Waals surface area contributed by atoms with E-state index in [4.69, 9.17) is 17.7 Å². The van der Waals surface area contributed by atoms with Gasteiger partial charge in [0, 0.05) is 25.7 Å². The molecule has 0 radical (unpaired) electrons. The first-order valence-electron chi connectivity index (χ1n) is 10.7. The Kier molecular flexibility index (Phi) is 14.9. The molecule has 0 unspecified atom stereocenters. The molecule has 29 heavy (non-hydrogen) atoms. The lowest BCUT2D eigenvalue weighted by atomic mass is 10.3. The maximum Gasteiger partial charge on any atom is 0.974 e. The van der Waals surface area contributed by atoms with E-state index in [9.17, 15) is 19.2 Å². The fraction of sp³-hybridized carbons (Fsp3) is 0.800. The van der Waals surface area contributed by atoms with Gasteiger partial charge in [-0.25, -0.2) is 0 Å². The van der Waals surface area contributed by atoms with E-state index in [2.05, 4.69) is 0 Å². The number of hydrogen-bond acceptors (Lipinski definition) is 8. The normalized spacial score (nSPS) is 10.9. The summed E-state index contributed by atoms with van der Waals surface area (Å²) in [4.78, 5) is 49.0. The lowest BCUT2D eigenvalue weighted by molar-refractivity contribution is -0.163. The van der Waals surface area contributed by atoms with Gasteiger partial charge in [-0.2, -0.15) is 0 Å². The Morgan fingerprint density at radius 1 is 0.483 bits per heavy atom. The van der Waals surface area contributed by atoms with Gasteiger partial charge in [0.1, 0.15) is 0 Å². The standard InChI is InChI=1S/C20H36O8Si/c1-5-9-13-17(21)25-29(26-18(22)14-10-6-2,27-19(23)15-11-7-3)28-20(24)16-12-8-4/h5-16H2,1-4H3. The molecule has 0 aromatic heterocycles. The third-order valence-electron chi connectivity index (χ3n) is 3.89. The van der Waals surface area contributed by atoms with Crippen molar-refractivity contribution in [3.05, 3.63) is 0 Å². The third-order valence-corrected chi connectivity index (χ3v) is 5.80. The second-order valence-corrected chi connectivity index (χ2v) is 8.63. The van der Waals surface area contributed by atoms with Crippen molar-refractivity contribution in [2.24, 2.45) is 0 Å². The van der Waals surface area contributed by atoms with Crippen molar-refractivity contribution in [2.75, 3.05) is 0 Å². The van der Waals surface area contributed by atoms with Crippen molar-refractivity contribution in [1.82, 2.24) is 0 Å². The van der Waals surface area contributed by atoms with Gasteiger partial charge in [0.05, 0.1) is 0 Å². The SMILES string of the molecule is CCCCC(=O)O[Si](OC(=O)CCCC)(OC(=O)CCCC)OC(=O)CCCC. The molecule has 0 amide bonds. The predicted molar refractivity (Wildman–Crippen MR) is 108 cm³/mol. The molecule has 0 rings (SSSR count). The molecule has 0 spiro atoms. The van der Waals surface area contributed by atoms with E-state index in [-0.39, 0.29) is 25.7 Å². The van der Waals surface area contributed by atoms with E-state index >= 15 is 0 Å². The van der Waals surface area contributed by atoms with Crippen LogP contribution >= 0.6 is 0 Å². The van der Waals surface area contributed by atoms with Gasteiger partial charge in [-0.15, -0.1) is 0 Å². The predicted octanol–water partition coefficient (Wildman–Crippen LogP) is 4.36. The fourth-order valence-corrected chi connectivity index (χ4v) is 3.94. The molecule has 0 aromatic rings. The van der Waals surface area contributed by atoms with Crippen LogP contribution in [0.2, 0.25) is 0 Å². The number of carbonyl (C=O) groups is 4. The van der Waals surface area contributed by atoms with Crippen LogP contribution in [0.25, 0.3) is 0 Å². The summed E-state index contributed by atoms with van der Waals surface area (Å²) in [6.07, 6.45) is 5.29. The van der Waals surface area contributed by atoms with E-state index in [0.717, 1.165) is 25.7 Å². The van der Waals surface area contributed by atoms with Crippen LogP contribution < -0.4 is 0 Å². The first kappa shape index (κ1) is 27.1. The van der Waals surface area contributed by atoms with Gasteiger partial charge in [0.2, 0.25) is 0 Å². The maximum atomic E-state index is 12.2. The number of hydrogen-bond donors (Lipinski definition) is 0. The number of carbonyl (C=O) groups excluding carboxylic acids is 4. The summed E-state index contributed by atoms with van der Waals surface area (Å²) in [7, 11) is -4.65. The minimum Gasteiger partial charge on any atom is -0.423 e. The average molecular weight is 433 g/mol. The zero-order valence-corrected chi connectivity index (χ0v) is 19.3. The maximum absolute atomic E-state index is 12.2. The van der Waals surface area contributed by atoms with Crippen molar-refractivity contribution >= 4 is 32.9 Å². The van der Waals surface area contributed by atoms with Crippen LogP contribution in [0.3, 0.4) is 0 Å². The average Bonchev–Trinajstić information content (AvgIpc) is 2.67. The summed E-state index contributed by atoms with van der Waals surface area (Å²) < 4.78 is 21.1. The van der Waals surface area contributed by atoms with Crippen molar-refractivity contribution in [2.45, 2.75) is 105 Å². The smallest absolute Gasteiger partial charge is 0.423 e. The number of rotatable bonds is 16. The van der Waals surface area contributed by atoms with Gasteiger partial charge < -0.3 is 17.7 Å². The minimum absolute atomic E-state index is 0.0385.